The molecule has 3 heteroatoms. The highest BCUT2D eigenvalue weighted by Gasteiger charge is 2.37. The van der Waals surface area contributed by atoms with Crippen LogP contribution in [0, 0.1) is 5.41 Å². The molecule has 0 aromatic heterocycles. The van der Waals surface area contributed by atoms with Crippen LogP contribution in [0.25, 0.3) is 0 Å². The smallest absolute Gasteiger partial charge is 0.0949 e. The molecular formula is C6H13ClFN. The van der Waals surface area contributed by atoms with E-state index in [4.69, 9.17) is 5.73 Å². The Kier molecular flexibility index (Phi) is 2.90. The molecule has 1 aliphatic rings. The molecule has 0 bridgehead atoms. The molecule has 0 spiro atoms. The predicted molar refractivity (Wildman–Crippen MR) is 38.5 cm³/mol. The van der Waals surface area contributed by atoms with Gasteiger partial charge in [0.2, 0.25) is 0 Å². The topological polar surface area (TPSA) is 26.0 Å². The monoisotopic (exact) mass is 153 g/mol. The summed E-state index contributed by atoms with van der Waals surface area (Å²) in [6.07, 6.45) is 1.73. The second kappa shape index (κ2) is 2.84. The summed E-state index contributed by atoms with van der Waals surface area (Å²) in [6, 6.07) is 0.274. The third-order valence-corrected chi connectivity index (χ3v) is 1.83. The molecule has 0 radical (unpaired) electrons. The lowest BCUT2D eigenvalue weighted by Crippen LogP contribution is -2.45. The maximum absolute atomic E-state index is 11.9. The lowest BCUT2D eigenvalue weighted by atomic mass is 9.68. The number of halogens is 2. The number of alkyl halides is 1. The molecular weight excluding hydrogens is 141 g/mol. The van der Waals surface area contributed by atoms with Crippen LogP contribution < -0.4 is 5.73 Å². The van der Waals surface area contributed by atoms with Crippen LogP contribution in [0.1, 0.15) is 19.8 Å². The molecule has 1 aliphatic carbocycles. The van der Waals surface area contributed by atoms with E-state index in [0.717, 1.165) is 12.8 Å². The van der Waals surface area contributed by atoms with E-state index >= 15 is 0 Å². The Hall–Kier alpha value is 0.180. The summed E-state index contributed by atoms with van der Waals surface area (Å²) in [5, 5.41) is 0. The molecule has 0 atom stereocenters. The van der Waals surface area contributed by atoms with Gasteiger partial charge in [0.25, 0.3) is 0 Å². The van der Waals surface area contributed by atoms with Crippen LogP contribution in [0.5, 0.6) is 0 Å². The van der Waals surface area contributed by atoms with Crippen molar-refractivity contribution in [2.75, 3.05) is 6.67 Å². The Balaban J connectivity index is 0.000000640. The molecule has 9 heavy (non-hydrogen) atoms. The van der Waals surface area contributed by atoms with Gasteiger partial charge in [-0.3, -0.25) is 4.39 Å². The third kappa shape index (κ3) is 1.80. The summed E-state index contributed by atoms with van der Waals surface area (Å²) in [6.45, 7) is 1.73. The summed E-state index contributed by atoms with van der Waals surface area (Å²) >= 11 is 0. The highest BCUT2D eigenvalue weighted by atomic mass is 35.5. The zero-order valence-corrected chi connectivity index (χ0v) is 6.38. The molecule has 0 unspecified atom stereocenters. The molecule has 1 nitrogen and oxygen atoms in total. The molecule has 0 aromatic rings. The highest BCUT2D eigenvalue weighted by molar-refractivity contribution is 5.85. The van der Waals surface area contributed by atoms with Crippen molar-refractivity contribution < 1.29 is 4.39 Å². The van der Waals surface area contributed by atoms with Crippen LogP contribution >= 0.6 is 12.4 Å². The van der Waals surface area contributed by atoms with Crippen LogP contribution in [0.15, 0.2) is 0 Å². The van der Waals surface area contributed by atoms with Crippen molar-refractivity contribution >= 4 is 12.4 Å². The average Bonchev–Trinajstić information content (AvgIpc) is 1.63. The van der Waals surface area contributed by atoms with Crippen LogP contribution in [0.3, 0.4) is 0 Å². The van der Waals surface area contributed by atoms with Gasteiger partial charge in [0.05, 0.1) is 6.67 Å². The molecule has 0 amide bonds. The average molecular weight is 154 g/mol. The van der Waals surface area contributed by atoms with Gasteiger partial charge >= 0.3 is 0 Å². The molecule has 0 aliphatic heterocycles. The standard InChI is InChI=1S/C6H12FN.ClH/c1-6(4-7)2-5(8)3-6;/h5H,2-4,8H2,1H3;1H. The van der Waals surface area contributed by atoms with E-state index in [1.54, 1.807) is 0 Å². The van der Waals surface area contributed by atoms with Crippen LogP contribution in [0.2, 0.25) is 0 Å². The largest absolute Gasteiger partial charge is 0.328 e. The normalized spacial score (nSPS) is 41.0. The maximum Gasteiger partial charge on any atom is 0.0949 e. The van der Waals surface area contributed by atoms with Crippen molar-refractivity contribution in [2.45, 2.75) is 25.8 Å². The van der Waals surface area contributed by atoms with Crippen molar-refractivity contribution in [2.24, 2.45) is 11.1 Å². The van der Waals surface area contributed by atoms with E-state index in [1.807, 2.05) is 6.92 Å². The Bertz CT molecular complexity index is 91.1. The van der Waals surface area contributed by atoms with Gasteiger partial charge in [-0.2, -0.15) is 0 Å². The Labute approximate surface area is 61.2 Å². The molecule has 2 N–H and O–H groups in total. The summed E-state index contributed by atoms with van der Waals surface area (Å²) in [4.78, 5) is 0. The van der Waals surface area contributed by atoms with Crippen molar-refractivity contribution in [3.8, 4) is 0 Å². The van der Waals surface area contributed by atoms with Gasteiger partial charge in [0, 0.05) is 6.04 Å². The predicted octanol–water partition coefficient (Wildman–Crippen LogP) is 1.51. The number of nitrogens with two attached hydrogens (primary N) is 1. The second-order valence-corrected chi connectivity index (χ2v) is 3.11. The van der Waals surface area contributed by atoms with Gasteiger partial charge in [-0.1, -0.05) is 6.92 Å². The van der Waals surface area contributed by atoms with Crippen LogP contribution in [-0.2, 0) is 0 Å². The lowest BCUT2D eigenvalue weighted by Gasteiger charge is -2.41. The van der Waals surface area contributed by atoms with Crippen molar-refractivity contribution in [3.05, 3.63) is 0 Å². The lowest BCUT2D eigenvalue weighted by molar-refractivity contribution is 0.0903. The van der Waals surface area contributed by atoms with Crippen molar-refractivity contribution in [3.63, 3.8) is 0 Å². The van der Waals surface area contributed by atoms with E-state index in [0.29, 0.717) is 0 Å². The molecule has 1 rings (SSSR count). The second-order valence-electron chi connectivity index (χ2n) is 3.11. The van der Waals surface area contributed by atoms with E-state index in [1.165, 1.54) is 0 Å². The van der Waals surface area contributed by atoms with Gasteiger partial charge in [0.15, 0.2) is 0 Å². The first-order valence-corrected chi connectivity index (χ1v) is 2.98. The first kappa shape index (κ1) is 9.18. The van der Waals surface area contributed by atoms with E-state index in [9.17, 15) is 4.39 Å². The number of rotatable bonds is 1. The Morgan fingerprint density at radius 3 is 2.22 bits per heavy atom. The van der Waals surface area contributed by atoms with Gasteiger partial charge in [-0.25, -0.2) is 0 Å². The fourth-order valence-electron chi connectivity index (χ4n) is 1.32. The maximum atomic E-state index is 11.9. The fraction of sp³-hybridized carbons (Fsp3) is 1.00. The van der Waals surface area contributed by atoms with Gasteiger partial charge in [-0.15, -0.1) is 12.4 Å². The van der Waals surface area contributed by atoms with Gasteiger partial charge in [-0.05, 0) is 18.3 Å². The molecule has 1 fully saturated rings. The number of hydrogen-bond acceptors (Lipinski definition) is 1. The van der Waals surface area contributed by atoms with E-state index in [-0.39, 0.29) is 30.5 Å². The molecule has 56 valence electrons. The highest BCUT2D eigenvalue weighted by Crippen LogP contribution is 2.39. The molecule has 0 heterocycles. The Morgan fingerprint density at radius 2 is 2.11 bits per heavy atom. The summed E-state index contributed by atoms with van der Waals surface area (Å²) in [5.74, 6) is 0. The van der Waals surface area contributed by atoms with E-state index in [2.05, 4.69) is 0 Å². The van der Waals surface area contributed by atoms with Crippen molar-refractivity contribution in [1.29, 1.82) is 0 Å². The quantitative estimate of drug-likeness (QED) is 0.607. The molecule has 0 saturated heterocycles. The SMILES string of the molecule is CC1(CF)CC(N)C1.Cl. The minimum Gasteiger partial charge on any atom is -0.328 e. The molecule has 1 saturated carbocycles. The van der Waals surface area contributed by atoms with Crippen LogP contribution in [0.4, 0.5) is 4.39 Å². The first-order chi connectivity index (χ1) is 3.66. The zero-order valence-electron chi connectivity index (χ0n) is 5.56. The minimum atomic E-state index is -0.208. The van der Waals surface area contributed by atoms with Crippen LogP contribution in [-0.4, -0.2) is 12.7 Å². The summed E-state index contributed by atoms with van der Waals surface area (Å²) in [5.41, 5.74) is 5.41. The first-order valence-electron chi connectivity index (χ1n) is 2.98. The molecule has 0 aromatic carbocycles. The van der Waals surface area contributed by atoms with E-state index < -0.39 is 0 Å². The van der Waals surface area contributed by atoms with Gasteiger partial charge in [0.1, 0.15) is 0 Å². The Morgan fingerprint density at radius 1 is 1.67 bits per heavy atom. The van der Waals surface area contributed by atoms with Gasteiger partial charge < -0.3 is 5.73 Å². The summed E-state index contributed by atoms with van der Waals surface area (Å²) < 4.78 is 11.9. The summed E-state index contributed by atoms with van der Waals surface area (Å²) in [7, 11) is 0. The minimum absolute atomic E-state index is 0. The third-order valence-electron chi connectivity index (χ3n) is 1.83. The van der Waals surface area contributed by atoms with Crippen molar-refractivity contribution in [1.82, 2.24) is 0 Å². The fourth-order valence-corrected chi connectivity index (χ4v) is 1.32. The number of hydrogen-bond donors (Lipinski definition) is 1. The zero-order chi connectivity index (χ0) is 6.20.